The quantitative estimate of drug-likeness (QED) is 0.902. The molecule has 5 heteroatoms. The van der Waals surface area contributed by atoms with Crippen LogP contribution in [0.4, 0.5) is 4.79 Å². The topological polar surface area (TPSA) is 48.5 Å². The lowest BCUT2D eigenvalue weighted by Crippen LogP contribution is -2.42. The Bertz CT molecular complexity index is 473. The molecule has 2 amide bonds. The Morgan fingerprint density at radius 1 is 1.48 bits per heavy atom. The number of nitrogens with zero attached hydrogens (tertiary/aromatic N) is 3. The van der Waals surface area contributed by atoms with Crippen LogP contribution in [-0.4, -0.2) is 53.0 Å². The number of pyridine rings is 1. The first kappa shape index (κ1) is 15.8. The fourth-order valence-electron chi connectivity index (χ4n) is 2.94. The second kappa shape index (κ2) is 7.41. The predicted molar refractivity (Wildman–Crippen MR) is 84.1 cm³/mol. The molecule has 0 radical (unpaired) electrons. The molecule has 1 aliphatic heterocycles. The van der Waals surface area contributed by atoms with Crippen molar-refractivity contribution in [3.8, 4) is 0 Å². The van der Waals surface area contributed by atoms with Gasteiger partial charge in [-0.05, 0) is 38.1 Å². The highest BCUT2D eigenvalue weighted by Gasteiger charge is 2.28. The van der Waals surface area contributed by atoms with Gasteiger partial charge in [0.1, 0.15) is 0 Å². The molecule has 1 saturated heterocycles. The van der Waals surface area contributed by atoms with E-state index in [1.54, 1.807) is 6.20 Å². The summed E-state index contributed by atoms with van der Waals surface area (Å²) < 4.78 is 0. The zero-order valence-corrected chi connectivity index (χ0v) is 13.3. The lowest BCUT2D eigenvalue weighted by molar-refractivity contribution is 0.192. The van der Waals surface area contributed by atoms with Crippen molar-refractivity contribution in [2.24, 2.45) is 0 Å². The van der Waals surface area contributed by atoms with E-state index in [1.165, 1.54) is 0 Å². The molecule has 0 unspecified atom stereocenters. The second-order valence-electron chi connectivity index (χ2n) is 5.54. The third kappa shape index (κ3) is 3.94. The van der Waals surface area contributed by atoms with Crippen molar-refractivity contribution in [2.45, 2.75) is 39.8 Å². The van der Waals surface area contributed by atoms with E-state index in [1.807, 2.05) is 24.0 Å². The van der Waals surface area contributed by atoms with E-state index < -0.39 is 0 Å². The number of carbonyl (C=O) groups excluding carboxylic acids is 1. The first-order valence-corrected chi connectivity index (χ1v) is 7.83. The summed E-state index contributed by atoms with van der Waals surface area (Å²) in [7, 11) is 0. The number of likely N-dealkylation sites (tertiary alicyclic amines) is 1. The van der Waals surface area contributed by atoms with Crippen LogP contribution in [0.3, 0.4) is 0 Å². The molecule has 1 aromatic rings. The van der Waals surface area contributed by atoms with Crippen molar-refractivity contribution in [1.82, 2.24) is 20.1 Å². The van der Waals surface area contributed by atoms with E-state index in [0.29, 0.717) is 12.6 Å². The third-order valence-electron chi connectivity index (χ3n) is 4.30. The Morgan fingerprint density at radius 2 is 2.24 bits per heavy atom. The monoisotopic (exact) mass is 290 g/mol. The standard InChI is InChI=1S/C16H26N4O/c1-4-19(5-2)14-8-10-20(12-14)16(21)18-11-15-13(3)7-6-9-17-15/h6-7,9,14H,4-5,8,10-12H2,1-3H3,(H,18,21)/t14-/m0/s1. The van der Waals surface area contributed by atoms with Crippen molar-refractivity contribution in [3.05, 3.63) is 29.6 Å². The number of aromatic nitrogens is 1. The number of amides is 2. The van der Waals surface area contributed by atoms with Gasteiger partial charge in [0.15, 0.2) is 0 Å². The number of likely N-dealkylation sites (N-methyl/N-ethyl adjacent to an activating group) is 1. The number of hydrogen-bond acceptors (Lipinski definition) is 3. The van der Waals surface area contributed by atoms with Gasteiger partial charge in [-0.2, -0.15) is 0 Å². The summed E-state index contributed by atoms with van der Waals surface area (Å²) in [6.45, 7) is 10.6. The van der Waals surface area contributed by atoms with Gasteiger partial charge in [-0.25, -0.2) is 4.79 Å². The number of nitrogens with one attached hydrogen (secondary N) is 1. The first-order chi connectivity index (χ1) is 10.2. The molecule has 0 aromatic carbocycles. The van der Waals surface area contributed by atoms with Crippen LogP contribution in [0, 0.1) is 6.92 Å². The number of rotatable bonds is 5. The molecule has 0 aliphatic carbocycles. The van der Waals surface area contributed by atoms with Crippen molar-refractivity contribution in [2.75, 3.05) is 26.2 Å². The average Bonchev–Trinajstić information content (AvgIpc) is 2.97. The highest BCUT2D eigenvalue weighted by molar-refractivity contribution is 5.74. The van der Waals surface area contributed by atoms with Crippen molar-refractivity contribution >= 4 is 6.03 Å². The molecule has 0 saturated carbocycles. The van der Waals surface area contributed by atoms with Crippen LogP contribution in [0.1, 0.15) is 31.5 Å². The minimum atomic E-state index is 0.0229. The van der Waals surface area contributed by atoms with E-state index in [9.17, 15) is 4.79 Å². The Balaban J connectivity index is 1.84. The highest BCUT2D eigenvalue weighted by Crippen LogP contribution is 2.15. The van der Waals surface area contributed by atoms with Crippen LogP contribution in [0.2, 0.25) is 0 Å². The Morgan fingerprint density at radius 3 is 2.90 bits per heavy atom. The third-order valence-corrected chi connectivity index (χ3v) is 4.30. The van der Waals surface area contributed by atoms with Crippen LogP contribution in [0.25, 0.3) is 0 Å². The predicted octanol–water partition coefficient (Wildman–Crippen LogP) is 2.02. The van der Waals surface area contributed by atoms with E-state index in [-0.39, 0.29) is 6.03 Å². The molecule has 1 fully saturated rings. The fourth-order valence-corrected chi connectivity index (χ4v) is 2.94. The zero-order chi connectivity index (χ0) is 15.2. The Hall–Kier alpha value is -1.62. The van der Waals surface area contributed by atoms with Gasteiger partial charge < -0.3 is 10.2 Å². The number of carbonyl (C=O) groups is 1. The van der Waals surface area contributed by atoms with Crippen molar-refractivity contribution < 1.29 is 4.79 Å². The van der Waals surface area contributed by atoms with Gasteiger partial charge in [0, 0.05) is 25.3 Å². The summed E-state index contributed by atoms with van der Waals surface area (Å²) in [5.74, 6) is 0. The summed E-state index contributed by atoms with van der Waals surface area (Å²) in [4.78, 5) is 20.9. The summed E-state index contributed by atoms with van der Waals surface area (Å²) >= 11 is 0. The van der Waals surface area contributed by atoms with E-state index in [2.05, 4.69) is 29.0 Å². The number of urea groups is 1. The van der Waals surface area contributed by atoms with Gasteiger partial charge in [0.05, 0.1) is 12.2 Å². The molecular formula is C16H26N4O. The maximum absolute atomic E-state index is 12.2. The van der Waals surface area contributed by atoms with Crippen molar-refractivity contribution in [1.29, 1.82) is 0 Å². The maximum Gasteiger partial charge on any atom is 0.317 e. The number of hydrogen-bond donors (Lipinski definition) is 1. The summed E-state index contributed by atoms with van der Waals surface area (Å²) in [6.07, 6.45) is 2.83. The van der Waals surface area contributed by atoms with Crippen LogP contribution >= 0.6 is 0 Å². The zero-order valence-electron chi connectivity index (χ0n) is 13.3. The Kier molecular flexibility index (Phi) is 5.56. The van der Waals surface area contributed by atoms with Crippen LogP contribution in [-0.2, 0) is 6.54 Å². The average molecular weight is 290 g/mol. The highest BCUT2D eigenvalue weighted by atomic mass is 16.2. The molecule has 2 heterocycles. The number of aryl methyl sites for hydroxylation is 1. The smallest absolute Gasteiger partial charge is 0.317 e. The van der Waals surface area contributed by atoms with Crippen LogP contribution in [0.5, 0.6) is 0 Å². The molecule has 0 spiro atoms. The molecule has 2 rings (SSSR count). The molecule has 1 aromatic heterocycles. The first-order valence-electron chi connectivity index (χ1n) is 7.83. The van der Waals surface area contributed by atoms with E-state index in [0.717, 1.165) is 43.9 Å². The summed E-state index contributed by atoms with van der Waals surface area (Å²) in [6, 6.07) is 4.45. The SMILES string of the molecule is CCN(CC)[C@H]1CCN(C(=O)NCc2ncccc2C)C1. The van der Waals surface area contributed by atoms with E-state index >= 15 is 0 Å². The van der Waals surface area contributed by atoms with Gasteiger partial charge >= 0.3 is 6.03 Å². The van der Waals surface area contributed by atoms with Gasteiger partial charge in [-0.1, -0.05) is 19.9 Å². The molecule has 1 N–H and O–H groups in total. The molecule has 0 bridgehead atoms. The minimum absolute atomic E-state index is 0.0229. The molecule has 5 nitrogen and oxygen atoms in total. The largest absolute Gasteiger partial charge is 0.332 e. The normalized spacial score (nSPS) is 18.3. The molecular weight excluding hydrogens is 264 g/mol. The fraction of sp³-hybridized carbons (Fsp3) is 0.625. The second-order valence-corrected chi connectivity index (χ2v) is 5.54. The van der Waals surface area contributed by atoms with Crippen LogP contribution in [0.15, 0.2) is 18.3 Å². The molecule has 1 aliphatic rings. The van der Waals surface area contributed by atoms with Crippen molar-refractivity contribution in [3.63, 3.8) is 0 Å². The van der Waals surface area contributed by atoms with E-state index in [4.69, 9.17) is 0 Å². The lowest BCUT2D eigenvalue weighted by Gasteiger charge is -2.26. The maximum atomic E-state index is 12.2. The molecule has 1 atom stereocenters. The van der Waals surface area contributed by atoms with Crippen LogP contribution < -0.4 is 5.32 Å². The lowest BCUT2D eigenvalue weighted by atomic mass is 10.2. The van der Waals surface area contributed by atoms with Gasteiger partial charge in [-0.15, -0.1) is 0 Å². The van der Waals surface area contributed by atoms with Gasteiger partial charge in [0.25, 0.3) is 0 Å². The minimum Gasteiger partial charge on any atom is -0.332 e. The van der Waals surface area contributed by atoms with Gasteiger partial charge in [-0.3, -0.25) is 9.88 Å². The molecule has 116 valence electrons. The molecule has 21 heavy (non-hydrogen) atoms. The Labute approximate surface area is 127 Å². The van der Waals surface area contributed by atoms with Gasteiger partial charge in [0.2, 0.25) is 0 Å². The summed E-state index contributed by atoms with van der Waals surface area (Å²) in [5, 5.41) is 2.98. The summed E-state index contributed by atoms with van der Waals surface area (Å²) in [5.41, 5.74) is 2.05.